The van der Waals surface area contributed by atoms with Crippen LogP contribution < -0.4 is 0 Å². The summed E-state index contributed by atoms with van der Waals surface area (Å²) in [7, 11) is 0. The first kappa shape index (κ1) is 8.73. The standard InChI is InChI=1S/C10H14O3/c1-2-13-9(12)7-3-4-10(5-6-10)8(7)11/h7H,2-6H2,1H3. The number of hydrogen-bond donors (Lipinski definition) is 0. The number of rotatable bonds is 2. The van der Waals surface area contributed by atoms with Crippen molar-refractivity contribution in [3.8, 4) is 0 Å². The van der Waals surface area contributed by atoms with Gasteiger partial charge < -0.3 is 4.74 Å². The van der Waals surface area contributed by atoms with Gasteiger partial charge in [-0.3, -0.25) is 9.59 Å². The number of ketones is 1. The van der Waals surface area contributed by atoms with Crippen LogP contribution in [0.2, 0.25) is 0 Å². The lowest BCUT2D eigenvalue weighted by Gasteiger charge is -2.07. The lowest BCUT2D eigenvalue weighted by molar-refractivity contribution is -0.151. The van der Waals surface area contributed by atoms with Crippen molar-refractivity contribution < 1.29 is 14.3 Å². The Morgan fingerprint density at radius 1 is 1.54 bits per heavy atom. The fourth-order valence-corrected chi connectivity index (χ4v) is 2.16. The van der Waals surface area contributed by atoms with Gasteiger partial charge in [0, 0.05) is 5.41 Å². The summed E-state index contributed by atoms with van der Waals surface area (Å²) in [5.41, 5.74) is -0.0859. The third-order valence-electron chi connectivity index (χ3n) is 3.18. The van der Waals surface area contributed by atoms with Gasteiger partial charge in [-0.05, 0) is 32.6 Å². The summed E-state index contributed by atoms with van der Waals surface area (Å²) in [6, 6.07) is 0. The molecule has 0 amide bonds. The zero-order valence-corrected chi connectivity index (χ0v) is 7.84. The molecule has 0 aromatic heterocycles. The minimum absolute atomic E-state index is 0.0859. The van der Waals surface area contributed by atoms with Crippen molar-refractivity contribution in [3.05, 3.63) is 0 Å². The summed E-state index contributed by atoms with van der Waals surface area (Å²) in [4.78, 5) is 23.0. The van der Waals surface area contributed by atoms with Gasteiger partial charge in [-0.25, -0.2) is 0 Å². The minimum atomic E-state index is -0.442. The second-order valence-electron chi connectivity index (χ2n) is 3.99. The van der Waals surface area contributed by atoms with Crippen molar-refractivity contribution in [2.75, 3.05) is 6.61 Å². The SMILES string of the molecule is CCOC(=O)C1CCC2(CC2)C1=O. The average Bonchev–Trinajstić information content (AvgIpc) is 2.78. The maximum atomic E-state index is 11.7. The van der Waals surface area contributed by atoms with E-state index in [4.69, 9.17) is 4.74 Å². The van der Waals surface area contributed by atoms with Crippen molar-refractivity contribution in [2.24, 2.45) is 11.3 Å². The van der Waals surface area contributed by atoms with E-state index in [0.717, 1.165) is 19.3 Å². The van der Waals surface area contributed by atoms with Crippen LogP contribution >= 0.6 is 0 Å². The molecule has 2 aliphatic carbocycles. The van der Waals surface area contributed by atoms with Crippen LogP contribution in [0.3, 0.4) is 0 Å². The molecule has 2 fully saturated rings. The van der Waals surface area contributed by atoms with Gasteiger partial charge in [0.05, 0.1) is 6.61 Å². The molecule has 72 valence electrons. The Morgan fingerprint density at radius 3 is 2.69 bits per heavy atom. The molecule has 0 heterocycles. The number of carbonyl (C=O) groups excluding carboxylic acids is 2. The number of Topliss-reactive ketones (excluding diaryl/α,β-unsaturated/α-hetero) is 1. The third-order valence-corrected chi connectivity index (χ3v) is 3.18. The monoisotopic (exact) mass is 182 g/mol. The molecule has 0 radical (unpaired) electrons. The topological polar surface area (TPSA) is 43.4 Å². The van der Waals surface area contributed by atoms with Gasteiger partial charge in [0.15, 0.2) is 5.78 Å². The van der Waals surface area contributed by atoms with Gasteiger partial charge in [0.1, 0.15) is 5.92 Å². The number of carbonyl (C=O) groups is 2. The predicted octanol–water partition coefficient (Wildman–Crippen LogP) is 1.31. The molecule has 3 heteroatoms. The van der Waals surface area contributed by atoms with E-state index in [1.165, 1.54) is 0 Å². The molecule has 0 saturated heterocycles. The average molecular weight is 182 g/mol. The lowest BCUT2D eigenvalue weighted by atomic mass is 10.0. The first-order valence-electron chi connectivity index (χ1n) is 4.90. The van der Waals surface area contributed by atoms with E-state index < -0.39 is 5.92 Å². The van der Waals surface area contributed by atoms with Gasteiger partial charge in [-0.1, -0.05) is 0 Å². The van der Waals surface area contributed by atoms with Gasteiger partial charge in [0.2, 0.25) is 0 Å². The molecule has 2 rings (SSSR count). The smallest absolute Gasteiger partial charge is 0.316 e. The highest BCUT2D eigenvalue weighted by atomic mass is 16.5. The molecular weight excluding hydrogens is 168 g/mol. The van der Waals surface area contributed by atoms with Crippen molar-refractivity contribution in [1.29, 1.82) is 0 Å². The van der Waals surface area contributed by atoms with Gasteiger partial charge in [0.25, 0.3) is 0 Å². The summed E-state index contributed by atoms with van der Waals surface area (Å²) in [6.07, 6.45) is 3.58. The molecular formula is C10H14O3. The largest absolute Gasteiger partial charge is 0.465 e. The van der Waals surface area contributed by atoms with E-state index in [-0.39, 0.29) is 17.2 Å². The molecule has 0 aromatic carbocycles. The van der Waals surface area contributed by atoms with E-state index in [9.17, 15) is 9.59 Å². The minimum Gasteiger partial charge on any atom is -0.465 e. The van der Waals surface area contributed by atoms with Crippen LogP contribution in [0, 0.1) is 11.3 Å². The number of hydrogen-bond acceptors (Lipinski definition) is 3. The second kappa shape index (κ2) is 2.82. The number of ether oxygens (including phenoxy) is 1. The van der Waals surface area contributed by atoms with Crippen molar-refractivity contribution in [1.82, 2.24) is 0 Å². The highest BCUT2D eigenvalue weighted by molar-refractivity contribution is 6.04. The predicted molar refractivity (Wildman–Crippen MR) is 46.0 cm³/mol. The fourth-order valence-electron chi connectivity index (χ4n) is 2.16. The fraction of sp³-hybridized carbons (Fsp3) is 0.800. The van der Waals surface area contributed by atoms with Crippen LogP contribution in [0.1, 0.15) is 32.6 Å². The lowest BCUT2D eigenvalue weighted by Crippen LogP contribution is -2.24. The Morgan fingerprint density at radius 2 is 2.23 bits per heavy atom. The molecule has 2 saturated carbocycles. The van der Waals surface area contributed by atoms with Gasteiger partial charge in [-0.15, -0.1) is 0 Å². The summed E-state index contributed by atoms with van der Waals surface area (Å²) >= 11 is 0. The highest BCUT2D eigenvalue weighted by Crippen LogP contribution is 2.57. The molecule has 0 aliphatic heterocycles. The van der Waals surface area contributed by atoms with E-state index in [1.54, 1.807) is 6.92 Å². The van der Waals surface area contributed by atoms with Crippen molar-refractivity contribution in [2.45, 2.75) is 32.6 Å². The van der Waals surface area contributed by atoms with Crippen LogP contribution in [0.25, 0.3) is 0 Å². The molecule has 0 N–H and O–H groups in total. The van der Waals surface area contributed by atoms with Crippen LogP contribution in [0.15, 0.2) is 0 Å². The summed E-state index contributed by atoms with van der Waals surface area (Å²) in [6.45, 7) is 2.14. The van der Waals surface area contributed by atoms with E-state index >= 15 is 0 Å². The first-order valence-corrected chi connectivity index (χ1v) is 4.90. The zero-order valence-electron chi connectivity index (χ0n) is 7.84. The van der Waals surface area contributed by atoms with Crippen LogP contribution in [-0.2, 0) is 14.3 Å². The normalized spacial score (nSPS) is 29.3. The van der Waals surface area contributed by atoms with Crippen LogP contribution in [0.4, 0.5) is 0 Å². The Balaban J connectivity index is 2.02. The molecule has 1 spiro atoms. The molecule has 1 atom stereocenters. The molecule has 2 aliphatic rings. The first-order chi connectivity index (χ1) is 6.19. The molecule has 3 nitrogen and oxygen atoms in total. The summed E-state index contributed by atoms with van der Waals surface area (Å²) < 4.78 is 4.86. The number of esters is 1. The Kier molecular flexibility index (Phi) is 1.90. The zero-order chi connectivity index (χ0) is 9.47. The third kappa shape index (κ3) is 1.26. The Hall–Kier alpha value is -0.860. The van der Waals surface area contributed by atoms with Crippen LogP contribution in [0.5, 0.6) is 0 Å². The van der Waals surface area contributed by atoms with E-state index in [2.05, 4.69) is 0 Å². The molecule has 1 unspecified atom stereocenters. The maximum Gasteiger partial charge on any atom is 0.316 e. The van der Waals surface area contributed by atoms with E-state index in [0.29, 0.717) is 13.0 Å². The molecule has 0 bridgehead atoms. The van der Waals surface area contributed by atoms with Crippen LogP contribution in [-0.4, -0.2) is 18.4 Å². The van der Waals surface area contributed by atoms with E-state index in [1.807, 2.05) is 0 Å². The Labute approximate surface area is 77.4 Å². The summed E-state index contributed by atoms with van der Waals surface area (Å²) in [5, 5.41) is 0. The highest BCUT2D eigenvalue weighted by Gasteiger charge is 2.57. The van der Waals surface area contributed by atoms with Gasteiger partial charge >= 0.3 is 5.97 Å². The molecule has 13 heavy (non-hydrogen) atoms. The van der Waals surface area contributed by atoms with Gasteiger partial charge in [-0.2, -0.15) is 0 Å². The quantitative estimate of drug-likeness (QED) is 0.477. The Bertz CT molecular complexity index is 253. The maximum absolute atomic E-state index is 11.7. The summed E-state index contributed by atoms with van der Waals surface area (Å²) in [5.74, 6) is -0.607. The van der Waals surface area contributed by atoms with Crippen molar-refractivity contribution in [3.63, 3.8) is 0 Å². The van der Waals surface area contributed by atoms with Crippen molar-refractivity contribution >= 4 is 11.8 Å². The molecule has 0 aromatic rings. The second-order valence-corrected chi connectivity index (χ2v) is 3.99.